The molecule has 0 saturated carbocycles. The summed E-state index contributed by atoms with van der Waals surface area (Å²) in [7, 11) is 0. The zero-order valence-corrected chi connectivity index (χ0v) is 15.0. The Morgan fingerprint density at radius 2 is 1.92 bits per heavy atom. The van der Waals surface area contributed by atoms with Gasteiger partial charge in [-0.15, -0.1) is 11.8 Å². The van der Waals surface area contributed by atoms with E-state index in [1.807, 2.05) is 18.2 Å². The maximum Gasteiger partial charge on any atom is 0.234 e. The average molecular weight is 357 g/mol. The lowest BCUT2D eigenvalue weighted by atomic mass is 10.3. The predicted molar refractivity (Wildman–Crippen MR) is 101 cm³/mol. The van der Waals surface area contributed by atoms with Crippen LogP contribution < -0.4 is 10.2 Å². The number of nitrogens with one attached hydrogen (secondary N) is 1. The largest absolute Gasteiger partial charge is 0.354 e. The van der Waals surface area contributed by atoms with Gasteiger partial charge in [0.25, 0.3) is 0 Å². The van der Waals surface area contributed by atoms with Gasteiger partial charge in [-0.25, -0.2) is 4.98 Å². The Morgan fingerprint density at radius 3 is 2.64 bits per heavy atom. The number of thioether (sulfide) groups is 1. The number of anilines is 1. The molecule has 1 aliphatic rings. The highest BCUT2D eigenvalue weighted by Gasteiger charge is 2.19. The number of aromatic nitrogens is 2. The first-order valence-electron chi connectivity index (χ1n) is 8.49. The highest BCUT2D eigenvalue weighted by Crippen LogP contribution is 2.15. The fourth-order valence-electron chi connectivity index (χ4n) is 2.72. The lowest BCUT2D eigenvalue weighted by Gasteiger charge is -2.34. The van der Waals surface area contributed by atoms with Gasteiger partial charge < -0.3 is 10.2 Å². The Morgan fingerprint density at radius 1 is 1.12 bits per heavy atom. The Bertz CT molecular complexity index is 647. The molecule has 1 N–H and O–H groups in total. The van der Waals surface area contributed by atoms with E-state index in [2.05, 4.69) is 37.2 Å². The summed E-state index contributed by atoms with van der Waals surface area (Å²) in [5.41, 5.74) is 0. The molecular formula is C18H23N5OS. The molecular weight excluding hydrogens is 334 g/mol. The number of benzene rings is 1. The average Bonchev–Trinajstić information content (AvgIpc) is 2.67. The van der Waals surface area contributed by atoms with Crippen molar-refractivity contribution in [3.8, 4) is 0 Å². The second kappa shape index (κ2) is 9.39. The summed E-state index contributed by atoms with van der Waals surface area (Å²) >= 11 is 1.76. The minimum atomic E-state index is 0.0987. The van der Waals surface area contributed by atoms with Crippen LogP contribution in [0.25, 0.3) is 0 Å². The van der Waals surface area contributed by atoms with Crippen LogP contribution in [0.3, 0.4) is 0 Å². The number of nitrogens with zero attached hydrogens (tertiary/aromatic N) is 4. The molecule has 1 saturated heterocycles. The molecule has 1 aromatic heterocycles. The van der Waals surface area contributed by atoms with Crippen LogP contribution in [0.4, 0.5) is 5.82 Å². The van der Waals surface area contributed by atoms with Crippen LogP contribution in [-0.4, -0.2) is 65.8 Å². The van der Waals surface area contributed by atoms with Crippen LogP contribution in [0.5, 0.6) is 0 Å². The lowest BCUT2D eigenvalue weighted by molar-refractivity contribution is -0.122. The van der Waals surface area contributed by atoms with E-state index in [-0.39, 0.29) is 5.91 Å². The van der Waals surface area contributed by atoms with Crippen molar-refractivity contribution < 1.29 is 4.79 Å². The van der Waals surface area contributed by atoms with Crippen molar-refractivity contribution in [3.63, 3.8) is 0 Å². The summed E-state index contributed by atoms with van der Waals surface area (Å²) < 4.78 is 0. The van der Waals surface area contributed by atoms with E-state index in [9.17, 15) is 4.79 Å². The molecule has 1 fully saturated rings. The van der Waals surface area contributed by atoms with E-state index in [1.54, 1.807) is 30.4 Å². The first kappa shape index (κ1) is 17.7. The van der Waals surface area contributed by atoms with E-state index < -0.39 is 0 Å². The molecule has 0 unspecified atom stereocenters. The second-order valence-electron chi connectivity index (χ2n) is 5.84. The predicted octanol–water partition coefficient (Wildman–Crippen LogP) is 1.51. The molecule has 7 heteroatoms. The van der Waals surface area contributed by atoms with Gasteiger partial charge in [0.2, 0.25) is 5.91 Å². The summed E-state index contributed by atoms with van der Waals surface area (Å²) in [6.07, 6.45) is 5.18. The molecule has 0 atom stereocenters. The number of hydrogen-bond donors (Lipinski definition) is 1. The number of carbonyl (C=O) groups is 1. The SMILES string of the molecule is O=C(CN1CCN(c2cnccn2)CC1)NCCSc1ccccc1. The van der Waals surface area contributed by atoms with Gasteiger partial charge in [-0.1, -0.05) is 18.2 Å². The summed E-state index contributed by atoms with van der Waals surface area (Å²) in [6, 6.07) is 10.2. The van der Waals surface area contributed by atoms with E-state index in [0.29, 0.717) is 13.1 Å². The monoisotopic (exact) mass is 357 g/mol. The van der Waals surface area contributed by atoms with Gasteiger partial charge in [-0.05, 0) is 12.1 Å². The van der Waals surface area contributed by atoms with E-state index in [4.69, 9.17) is 0 Å². The van der Waals surface area contributed by atoms with Crippen molar-refractivity contribution in [2.75, 3.05) is 49.9 Å². The third-order valence-electron chi connectivity index (χ3n) is 4.05. The second-order valence-corrected chi connectivity index (χ2v) is 7.01. The van der Waals surface area contributed by atoms with Gasteiger partial charge in [0.05, 0.1) is 12.7 Å². The normalized spacial score (nSPS) is 15.1. The number of carbonyl (C=O) groups excluding carboxylic acids is 1. The molecule has 132 valence electrons. The van der Waals surface area contributed by atoms with Gasteiger partial charge in [0.15, 0.2) is 0 Å². The van der Waals surface area contributed by atoms with Crippen molar-refractivity contribution in [1.82, 2.24) is 20.2 Å². The molecule has 0 bridgehead atoms. The highest BCUT2D eigenvalue weighted by atomic mass is 32.2. The van der Waals surface area contributed by atoms with Crippen molar-refractivity contribution in [2.24, 2.45) is 0 Å². The van der Waals surface area contributed by atoms with Crippen LogP contribution in [0.2, 0.25) is 0 Å². The van der Waals surface area contributed by atoms with E-state index in [0.717, 1.165) is 37.7 Å². The van der Waals surface area contributed by atoms with Gasteiger partial charge >= 0.3 is 0 Å². The Labute approximate surface area is 152 Å². The Balaban J connectivity index is 1.31. The van der Waals surface area contributed by atoms with Gasteiger partial charge in [0, 0.05) is 55.8 Å². The van der Waals surface area contributed by atoms with Crippen LogP contribution in [0, 0.1) is 0 Å². The molecule has 0 radical (unpaired) electrons. The number of hydrogen-bond acceptors (Lipinski definition) is 6. The van der Waals surface area contributed by atoms with Crippen LogP contribution in [-0.2, 0) is 4.79 Å². The Kier molecular flexibility index (Phi) is 6.64. The lowest BCUT2D eigenvalue weighted by Crippen LogP contribution is -2.49. The molecule has 2 aromatic rings. The molecule has 2 heterocycles. The molecule has 0 spiro atoms. The van der Waals surface area contributed by atoms with Crippen molar-refractivity contribution in [3.05, 3.63) is 48.9 Å². The van der Waals surface area contributed by atoms with E-state index >= 15 is 0 Å². The van der Waals surface area contributed by atoms with Crippen molar-refractivity contribution >= 4 is 23.5 Å². The van der Waals surface area contributed by atoms with Gasteiger partial charge in [0.1, 0.15) is 5.82 Å². The molecule has 0 aliphatic carbocycles. The first-order chi connectivity index (χ1) is 12.3. The number of rotatable bonds is 7. The van der Waals surface area contributed by atoms with Crippen LogP contribution in [0.1, 0.15) is 0 Å². The quantitative estimate of drug-likeness (QED) is 0.599. The van der Waals surface area contributed by atoms with Crippen LogP contribution in [0.15, 0.2) is 53.8 Å². The zero-order chi connectivity index (χ0) is 17.3. The smallest absolute Gasteiger partial charge is 0.234 e. The van der Waals surface area contributed by atoms with Gasteiger partial charge in [-0.2, -0.15) is 0 Å². The molecule has 1 aliphatic heterocycles. The number of piperazine rings is 1. The molecule has 6 nitrogen and oxygen atoms in total. The standard InChI is InChI=1S/C18H23N5OS/c24-18(21-8-13-25-16-4-2-1-3-5-16)15-22-9-11-23(12-10-22)17-14-19-6-7-20-17/h1-7,14H,8-13,15H2,(H,21,24). The molecule has 1 amide bonds. The third-order valence-corrected chi connectivity index (χ3v) is 5.06. The first-order valence-corrected chi connectivity index (χ1v) is 9.48. The highest BCUT2D eigenvalue weighted by molar-refractivity contribution is 7.99. The third kappa shape index (κ3) is 5.72. The fraction of sp³-hybridized carbons (Fsp3) is 0.389. The number of amides is 1. The zero-order valence-electron chi connectivity index (χ0n) is 14.2. The summed E-state index contributed by atoms with van der Waals surface area (Å²) in [5, 5.41) is 3.01. The Hall–Kier alpha value is -2.12. The molecule has 1 aromatic carbocycles. The topological polar surface area (TPSA) is 61.4 Å². The summed E-state index contributed by atoms with van der Waals surface area (Å²) in [6.45, 7) is 4.62. The van der Waals surface area contributed by atoms with Crippen LogP contribution >= 0.6 is 11.8 Å². The maximum atomic E-state index is 12.1. The minimum absolute atomic E-state index is 0.0987. The van der Waals surface area contributed by atoms with Crippen molar-refractivity contribution in [2.45, 2.75) is 4.90 Å². The maximum absolute atomic E-state index is 12.1. The van der Waals surface area contributed by atoms with E-state index in [1.165, 1.54) is 4.90 Å². The minimum Gasteiger partial charge on any atom is -0.354 e. The van der Waals surface area contributed by atoms with Crippen molar-refractivity contribution in [1.29, 1.82) is 0 Å². The van der Waals surface area contributed by atoms with Gasteiger partial charge in [-0.3, -0.25) is 14.7 Å². The molecule has 3 rings (SSSR count). The fourth-order valence-corrected chi connectivity index (χ4v) is 3.51. The molecule has 25 heavy (non-hydrogen) atoms. The summed E-state index contributed by atoms with van der Waals surface area (Å²) in [4.78, 5) is 26.1. The summed E-state index contributed by atoms with van der Waals surface area (Å²) in [5.74, 6) is 1.89.